The van der Waals surface area contributed by atoms with Crippen molar-refractivity contribution in [1.82, 2.24) is 0 Å². The van der Waals surface area contributed by atoms with E-state index >= 15 is 0 Å². The lowest BCUT2D eigenvalue weighted by Gasteiger charge is -2.33. The third-order valence-corrected chi connectivity index (χ3v) is 2.28. The highest BCUT2D eigenvalue weighted by atomic mass is 16.5. The lowest BCUT2D eigenvalue weighted by molar-refractivity contribution is -0.155. The van der Waals surface area contributed by atoms with Crippen LogP contribution in [-0.2, 0) is 14.3 Å². The minimum atomic E-state index is -1.03. The number of aliphatic hydroxyl groups excluding tert-OH is 1. The van der Waals surface area contributed by atoms with Gasteiger partial charge in [-0.05, 0) is 12.8 Å². The Bertz CT molecular complexity index is 187. The van der Waals surface area contributed by atoms with Crippen molar-refractivity contribution in [3.63, 3.8) is 0 Å². The monoisotopic (exact) mass is 189 g/mol. The third-order valence-electron chi connectivity index (χ3n) is 2.28. The van der Waals surface area contributed by atoms with Crippen molar-refractivity contribution in [3.05, 3.63) is 0 Å². The molecular formula is C8H15NO4. The maximum absolute atomic E-state index is 11.2. The lowest BCUT2D eigenvalue weighted by Crippen LogP contribution is -2.56. The van der Waals surface area contributed by atoms with Crippen LogP contribution in [0, 0.1) is 0 Å². The standard InChI is InChI=1S/C8H15NO4/c1-12-7(11)8(9)3-2-6(4-10)13-5-8/h6,10H,2-5,9H2,1H3/t6-,8+/m1/s1. The molecule has 5 nitrogen and oxygen atoms in total. The first-order chi connectivity index (χ1) is 6.12. The van der Waals surface area contributed by atoms with Crippen molar-refractivity contribution in [1.29, 1.82) is 0 Å². The Morgan fingerprint density at radius 1 is 1.85 bits per heavy atom. The van der Waals surface area contributed by atoms with E-state index in [1.807, 2.05) is 0 Å². The summed E-state index contributed by atoms with van der Waals surface area (Å²) in [6.45, 7) is 0.0855. The second kappa shape index (κ2) is 4.04. The molecule has 0 radical (unpaired) electrons. The number of ether oxygens (including phenoxy) is 2. The molecule has 1 rings (SSSR count). The second-order valence-corrected chi connectivity index (χ2v) is 3.30. The van der Waals surface area contributed by atoms with Crippen molar-refractivity contribution >= 4 is 5.97 Å². The molecule has 1 aliphatic rings. The summed E-state index contributed by atoms with van der Waals surface area (Å²) < 4.78 is 9.74. The fourth-order valence-electron chi connectivity index (χ4n) is 1.35. The SMILES string of the molecule is COC(=O)[C@]1(N)CC[C@H](CO)OC1. The van der Waals surface area contributed by atoms with Gasteiger partial charge in [-0.3, -0.25) is 0 Å². The van der Waals surface area contributed by atoms with Crippen molar-refractivity contribution in [2.24, 2.45) is 5.73 Å². The van der Waals surface area contributed by atoms with Gasteiger partial charge in [-0.2, -0.15) is 0 Å². The van der Waals surface area contributed by atoms with Crippen LogP contribution >= 0.6 is 0 Å². The smallest absolute Gasteiger partial charge is 0.328 e. The van der Waals surface area contributed by atoms with Gasteiger partial charge in [0.2, 0.25) is 0 Å². The number of nitrogens with two attached hydrogens (primary N) is 1. The minimum absolute atomic E-state index is 0.0305. The summed E-state index contributed by atoms with van der Waals surface area (Å²) in [5.74, 6) is -0.455. The van der Waals surface area contributed by atoms with Crippen LogP contribution in [0.25, 0.3) is 0 Å². The Morgan fingerprint density at radius 2 is 2.54 bits per heavy atom. The Hall–Kier alpha value is -0.650. The molecule has 0 aliphatic carbocycles. The number of hydrogen-bond donors (Lipinski definition) is 2. The molecule has 5 heteroatoms. The van der Waals surface area contributed by atoms with Crippen LogP contribution in [-0.4, -0.2) is 43.0 Å². The Kier molecular flexibility index (Phi) is 3.24. The molecule has 13 heavy (non-hydrogen) atoms. The van der Waals surface area contributed by atoms with Gasteiger partial charge in [0.15, 0.2) is 0 Å². The molecule has 3 N–H and O–H groups in total. The average molecular weight is 189 g/mol. The first kappa shape index (κ1) is 10.4. The Balaban J connectivity index is 2.51. The molecule has 0 saturated carbocycles. The van der Waals surface area contributed by atoms with E-state index in [-0.39, 0.29) is 19.3 Å². The molecule has 1 fully saturated rings. The first-order valence-electron chi connectivity index (χ1n) is 4.22. The van der Waals surface area contributed by atoms with Crippen molar-refractivity contribution in [3.8, 4) is 0 Å². The van der Waals surface area contributed by atoms with Crippen LogP contribution < -0.4 is 5.73 Å². The summed E-state index contributed by atoms with van der Waals surface area (Å²) in [6, 6.07) is 0. The molecule has 0 aromatic heterocycles. The predicted molar refractivity (Wildman–Crippen MR) is 45.0 cm³/mol. The zero-order valence-electron chi connectivity index (χ0n) is 7.66. The van der Waals surface area contributed by atoms with E-state index in [4.69, 9.17) is 15.6 Å². The molecule has 0 spiro atoms. The van der Waals surface area contributed by atoms with E-state index in [1.165, 1.54) is 7.11 Å². The predicted octanol–water partition coefficient (Wildman–Crippen LogP) is -0.972. The summed E-state index contributed by atoms with van der Waals surface area (Å²) in [7, 11) is 1.30. The number of hydrogen-bond acceptors (Lipinski definition) is 5. The Labute approximate surface area is 76.8 Å². The topological polar surface area (TPSA) is 81.8 Å². The number of methoxy groups -OCH3 is 1. The molecule has 0 unspecified atom stereocenters. The van der Waals surface area contributed by atoms with Crippen molar-refractivity contribution < 1.29 is 19.4 Å². The fourth-order valence-corrected chi connectivity index (χ4v) is 1.35. The summed E-state index contributed by atoms with van der Waals surface area (Å²) in [5.41, 5.74) is 4.72. The molecule has 2 atom stereocenters. The van der Waals surface area contributed by atoms with Crippen LogP contribution in [0.2, 0.25) is 0 Å². The Morgan fingerprint density at radius 3 is 2.92 bits per heavy atom. The van der Waals surface area contributed by atoms with Gasteiger partial charge in [0.25, 0.3) is 0 Å². The maximum atomic E-state index is 11.2. The molecule has 0 aromatic carbocycles. The van der Waals surface area contributed by atoms with Crippen molar-refractivity contribution in [2.75, 3.05) is 20.3 Å². The molecule has 0 bridgehead atoms. The number of rotatable bonds is 2. The van der Waals surface area contributed by atoms with Crippen LogP contribution in [0.5, 0.6) is 0 Å². The van der Waals surface area contributed by atoms with Crippen molar-refractivity contribution in [2.45, 2.75) is 24.5 Å². The summed E-state index contributed by atoms with van der Waals surface area (Å²) >= 11 is 0. The molecule has 1 saturated heterocycles. The number of carbonyl (C=O) groups excluding carboxylic acids is 1. The molecule has 1 aliphatic heterocycles. The van der Waals surface area contributed by atoms with Crippen LogP contribution in [0.4, 0.5) is 0 Å². The van der Waals surface area contributed by atoms with Crippen LogP contribution in [0.15, 0.2) is 0 Å². The van der Waals surface area contributed by atoms with Crippen LogP contribution in [0.1, 0.15) is 12.8 Å². The summed E-state index contributed by atoms with van der Waals surface area (Å²) in [5, 5.41) is 8.78. The van der Waals surface area contributed by atoms with E-state index in [0.29, 0.717) is 12.8 Å². The van der Waals surface area contributed by atoms with Crippen LogP contribution in [0.3, 0.4) is 0 Å². The quantitative estimate of drug-likeness (QED) is 0.546. The average Bonchev–Trinajstić information content (AvgIpc) is 2.18. The van der Waals surface area contributed by atoms with E-state index in [0.717, 1.165) is 0 Å². The lowest BCUT2D eigenvalue weighted by atomic mass is 9.91. The van der Waals surface area contributed by atoms with Gasteiger partial charge in [-0.25, -0.2) is 4.79 Å². The van der Waals surface area contributed by atoms with Gasteiger partial charge in [-0.1, -0.05) is 0 Å². The van der Waals surface area contributed by atoms with Gasteiger partial charge in [0, 0.05) is 0 Å². The molecule has 0 amide bonds. The third kappa shape index (κ3) is 2.18. The van der Waals surface area contributed by atoms with Gasteiger partial charge < -0.3 is 20.3 Å². The van der Waals surface area contributed by atoms with Gasteiger partial charge in [0.05, 0.1) is 26.4 Å². The molecular weight excluding hydrogens is 174 g/mol. The number of esters is 1. The molecule has 0 aromatic rings. The van der Waals surface area contributed by atoms with E-state index in [9.17, 15) is 4.79 Å². The highest BCUT2D eigenvalue weighted by molar-refractivity contribution is 5.80. The van der Waals surface area contributed by atoms with E-state index in [1.54, 1.807) is 0 Å². The first-order valence-corrected chi connectivity index (χ1v) is 4.22. The summed E-state index contributed by atoms with van der Waals surface area (Å²) in [6.07, 6.45) is 0.883. The maximum Gasteiger partial charge on any atom is 0.328 e. The summed E-state index contributed by atoms with van der Waals surface area (Å²) in [4.78, 5) is 11.2. The van der Waals surface area contributed by atoms with Gasteiger partial charge in [0.1, 0.15) is 5.54 Å². The number of carbonyl (C=O) groups is 1. The van der Waals surface area contributed by atoms with E-state index < -0.39 is 11.5 Å². The highest BCUT2D eigenvalue weighted by Crippen LogP contribution is 2.21. The van der Waals surface area contributed by atoms with Gasteiger partial charge in [-0.15, -0.1) is 0 Å². The zero-order valence-corrected chi connectivity index (χ0v) is 7.66. The normalized spacial score (nSPS) is 34.2. The largest absolute Gasteiger partial charge is 0.468 e. The molecule has 1 heterocycles. The highest BCUT2D eigenvalue weighted by Gasteiger charge is 2.39. The second-order valence-electron chi connectivity index (χ2n) is 3.30. The fraction of sp³-hybridized carbons (Fsp3) is 0.875. The van der Waals surface area contributed by atoms with E-state index in [2.05, 4.69) is 4.74 Å². The van der Waals surface area contributed by atoms with Gasteiger partial charge >= 0.3 is 5.97 Å². The minimum Gasteiger partial charge on any atom is -0.468 e. The zero-order chi connectivity index (χ0) is 9.90. The molecule has 76 valence electrons. The number of aliphatic hydroxyl groups is 1.